The Hall–Kier alpha value is -2.93. The van der Waals surface area contributed by atoms with Gasteiger partial charge in [0.15, 0.2) is 0 Å². The second kappa shape index (κ2) is 5.86. The molecule has 4 rings (SSSR count). The van der Waals surface area contributed by atoms with Crippen LogP contribution in [0.2, 0.25) is 5.02 Å². The minimum absolute atomic E-state index is 0.0997. The third-order valence-corrected chi connectivity index (χ3v) is 4.36. The van der Waals surface area contributed by atoms with Crippen molar-refractivity contribution in [1.82, 2.24) is 15.0 Å². The maximum absolute atomic E-state index is 12.4. The topological polar surface area (TPSA) is 99.8 Å². The lowest BCUT2D eigenvalue weighted by molar-refractivity contribution is -0.115. The van der Waals surface area contributed by atoms with Crippen LogP contribution < -0.4 is 16.2 Å². The van der Waals surface area contributed by atoms with E-state index in [4.69, 9.17) is 11.6 Å². The van der Waals surface area contributed by atoms with Gasteiger partial charge in [0, 0.05) is 33.2 Å². The summed E-state index contributed by atoms with van der Waals surface area (Å²) >= 11 is 6.02. The van der Waals surface area contributed by atoms with Gasteiger partial charge in [-0.25, -0.2) is 4.98 Å². The second-order valence-electron chi connectivity index (χ2n) is 5.94. The molecule has 0 radical (unpaired) electrons. The minimum Gasteiger partial charge on any atom is -0.347 e. The zero-order valence-electron chi connectivity index (χ0n) is 13.3. The average molecular weight is 356 g/mol. The molecule has 1 amide bonds. The number of rotatable bonds is 3. The van der Waals surface area contributed by atoms with E-state index in [1.807, 2.05) is 6.92 Å². The number of amides is 1. The van der Waals surface area contributed by atoms with E-state index in [2.05, 4.69) is 25.6 Å². The Morgan fingerprint density at radius 3 is 2.96 bits per heavy atom. The Kier molecular flexibility index (Phi) is 3.65. The first-order chi connectivity index (χ1) is 12.0. The molecule has 0 bridgehead atoms. The Labute approximate surface area is 147 Å². The van der Waals surface area contributed by atoms with Gasteiger partial charge in [-0.2, -0.15) is 4.98 Å². The van der Waals surface area contributed by atoms with Crippen molar-refractivity contribution in [3.8, 4) is 0 Å². The molecule has 2 aromatic heterocycles. The number of nitrogens with zero attached hydrogens (tertiary/aromatic N) is 2. The zero-order chi connectivity index (χ0) is 17.6. The molecule has 1 atom stereocenters. The monoisotopic (exact) mass is 355 g/mol. The number of pyridine rings is 1. The Morgan fingerprint density at radius 2 is 2.12 bits per heavy atom. The van der Waals surface area contributed by atoms with Gasteiger partial charge in [-0.05, 0) is 31.2 Å². The summed E-state index contributed by atoms with van der Waals surface area (Å²) in [6.45, 7) is 1.84. The number of aromatic nitrogens is 3. The summed E-state index contributed by atoms with van der Waals surface area (Å²) in [4.78, 5) is 35.1. The summed E-state index contributed by atoms with van der Waals surface area (Å²) < 4.78 is 0. The van der Waals surface area contributed by atoms with Gasteiger partial charge in [0.25, 0.3) is 5.56 Å². The van der Waals surface area contributed by atoms with E-state index in [1.165, 1.54) is 0 Å². The molecule has 0 fully saturated rings. The average Bonchev–Trinajstić information content (AvgIpc) is 2.93. The van der Waals surface area contributed by atoms with E-state index in [-0.39, 0.29) is 23.9 Å². The van der Waals surface area contributed by atoms with E-state index in [9.17, 15) is 9.59 Å². The maximum Gasteiger partial charge on any atom is 0.253 e. The molecule has 8 heteroatoms. The van der Waals surface area contributed by atoms with E-state index < -0.39 is 0 Å². The van der Waals surface area contributed by atoms with Crippen LogP contribution in [-0.2, 0) is 11.2 Å². The van der Waals surface area contributed by atoms with Crippen LogP contribution in [0.15, 0.2) is 35.3 Å². The van der Waals surface area contributed by atoms with E-state index in [1.54, 1.807) is 30.5 Å². The largest absolute Gasteiger partial charge is 0.347 e. The summed E-state index contributed by atoms with van der Waals surface area (Å²) in [7, 11) is 0. The Morgan fingerprint density at radius 1 is 1.28 bits per heavy atom. The van der Waals surface area contributed by atoms with Crippen molar-refractivity contribution in [2.24, 2.45) is 0 Å². The van der Waals surface area contributed by atoms with E-state index in [0.29, 0.717) is 22.4 Å². The summed E-state index contributed by atoms with van der Waals surface area (Å²) in [5.41, 5.74) is 1.84. The first kappa shape index (κ1) is 15.6. The van der Waals surface area contributed by atoms with Crippen LogP contribution in [0, 0.1) is 0 Å². The van der Waals surface area contributed by atoms with Crippen molar-refractivity contribution < 1.29 is 4.79 Å². The predicted molar refractivity (Wildman–Crippen MR) is 96.0 cm³/mol. The molecule has 1 aliphatic rings. The molecule has 3 aromatic rings. The van der Waals surface area contributed by atoms with Gasteiger partial charge in [0.1, 0.15) is 5.82 Å². The Bertz CT molecular complexity index is 1060. The number of carbonyl (C=O) groups is 1. The number of hydrogen-bond donors (Lipinski definition) is 3. The van der Waals surface area contributed by atoms with Crippen LogP contribution in [0.3, 0.4) is 0 Å². The van der Waals surface area contributed by atoms with Crippen LogP contribution in [0.1, 0.15) is 24.1 Å². The second-order valence-corrected chi connectivity index (χ2v) is 6.38. The molecule has 0 spiro atoms. The van der Waals surface area contributed by atoms with Crippen LogP contribution >= 0.6 is 11.6 Å². The number of benzene rings is 1. The van der Waals surface area contributed by atoms with Crippen LogP contribution in [0.25, 0.3) is 10.9 Å². The Balaban J connectivity index is 1.65. The number of nitrogens with one attached hydrogen (secondary N) is 3. The van der Waals surface area contributed by atoms with Gasteiger partial charge in [-0.1, -0.05) is 11.6 Å². The third-order valence-electron chi connectivity index (χ3n) is 4.12. The molecule has 25 heavy (non-hydrogen) atoms. The van der Waals surface area contributed by atoms with Crippen LogP contribution in [0.4, 0.5) is 11.8 Å². The number of H-pyrrole nitrogens is 1. The normalized spacial score (nSPS) is 14.2. The van der Waals surface area contributed by atoms with Crippen LogP contribution in [-0.4, -0.2) is 20.9 Å². The van der Waals surface area contributed by atoms with Crippen molar-refractivity contribution in [3.63, 3.8) is 0 Å². The highest BCUT2D eigenvalue weighted by Gasteiger charge is 2.20. The van der Waals surface area contributed by atoms with Gasteiger partial charge in [0.05, 0.1) is 12.5 Å². The molecule has 3 N–H and O–H groups in total. The number of aromatic amines is 1. The highest BCUT2D eigenvalue weighted by Crippen LogP contribution is 2.23. The fraction of sp³-hybridized carbons (Fsp3) is 0.176. The smallest absolute Gasteiger partial charge is 0.253 e. The lowest BCUT2D eigenvalue weighted by atomic mass is 10.1. The van der Waals surface area contributed by atoms with Crippen molar-refractivity contribution >= 4 is 40.2 Å². The molecule has 0 saturated heterocycles. The first-order valence-corrected chi connectivity index (χ1v) is 8.12. The fourth-order valence-corrected chi connectivity index (χ4v) is 3.03. The molecule has 0 saturated carbocycles. The van der Waals surface area contributed by atoms with E-state index in [0.717, 1.165) is 16.5 Å². The number of anilines is 2. The number of fused-ring (bicyclic) bond motifs is 2. The molecule has 1 aliphatic heterocycles. The first-order valence-electron chi connectivity index (χ1n) is 7.74. The summed E-state index contributed by atoms with van der Waals surface area (Å²) in [6, 6.07) is 6.76. The molecule has 1 unspecified atom stereocenters. The van der Waals surface area contributed by atoms with Gasteiger partial charge < -0.3 is 15.6 Å². The third kappa shape index (κ3) is 2.94. The molecular weight excluding hydrogens is 342 g/mol. The molecule has 7 nitrogen and oxygen atoms in total. The standard InChI is InChI=1S/C17H14ClN5O2/c1-8(20-17-19-7-10-6-14(24)22-15(10)23-17)12-5-9-4-11(18)2-3-13(9)21-16(12)25/h2-5,7-8H,6H2,1H3,(H,21,25)(H2,19,20,22,23,24). The lowest BCUT2D eigenvalue weighted by Crippen LogP contribution is -2.20. The van der Waals surface area contributed by atoms with Crippen molar-refractivity contribution in [3.05, 3.63) is 57.0 Å². The highest BCUT2D eigenvalue weighted by molar-refractivity contribution is 6.31. The summed E-state index contributed by atoms with van der Waals surface area (Å²) in [6.07, 6.45) is 1.90. The van der Waals surface area contributed by atoms with E-state index >= 15 is 0 Å². The zero-order valence-corrected chi connectivity index (χ0v) is 14.0. The predicted octanol–water partition coefficient (Wildman–Crippen LogP) is 2.64. The van der Waals surface area contributed by atoms with Gasteiger partial charge in [0.2, 0.25) is 11.9 Å². The SMILES string of the molecule is CC(Nc1ncc2c(n1)NC(=O)C2)c1cc2cc(Cl)ccc2[nH]c1=O. The van der Waals surface area contributed by atoms with Crippen molar-refractivity contribution in [2.45, 2.75) is 19.4 Å². The molecule has 126 valence electrons. The highest BCUT2D eigenvalue weighted by atomic mass is 35.5. The molecular formula is C17H14ClN5O2. The van der Waals surface area contributed by atoms with Crippen molar-refractivity contribution in [1.29, 1.82) is 0 Å². The number of carbonyl (C=O) groups excluding carboxylic acids is 1. The van der Waals surface area contributed by atoms with Gasteiger partial charge in [-0.3, -0.25) is 9.59 Å². The van der Waals surface area contributed by atoms with Crippen molar-refractivity contribution in [2.75, 3.05) is 10.6 Å². The fourth-order valence-electron chi connectivity index (χ4n) is 2.85. The number of halogens is 1. The molecule has 0 aliphatic carbocycles. The summed E-state index contributed by atoms with van der Waals surface area (Å²) in [5, 5.41) is 7.22. The quantitative estimate of drug-likeness (QED) is 0.670. The van der Waals surface area contributed by atoms with Gasteiger partial charge in [-0.15, -0.1) is 0 Å². The minimum atomic E-state index is -0.331. The molecule has 3 heterocycles. The van der Waals surface area contributed by atoms with Gasteiger partial charge >= 0.3 is 0 Å². The molecule has 1 aromatic carbocycles. The summed E-state index contributed by atoms with van der Waals surface area (Å²) in [5.74, 6) is 0.755. The van der Waals surface area contributed by atoms with Crippen LogP contribution in [0.5, 0.6) is 0 Å². The lowest BCUT2D eigenvalue weighted by Gasteiger charge is -2.14. The number of hydrogen-bond acceptors (Lipinski definition) is 5. The maximum atomic E-state index is 12.4.